The lowest BCUT2D eigenvalue weighted by Crippen LogP contribution is -2.16. The van der Waals surface area contributed by atoms with Crippen LogP contribution in [0, 0.1) is 0 Å². The quantitative estimate of drug-likeness (QED) is 0.345. The van der Waals surface area contributed by atoms with Crippen LogP contribution in [-0.4, -0.2) is 20.5 Å². The van der Waals surface area contributed by atoms with Crippen LogP contribution in [0.3, 0.4) is 0 Å². The molecule has 33 heavy (non-hydrogen) atoms. The van der Waals surface area contributed by atoms with Crippen LogP contribution >= 0.6 is 11.6 Å². The first-order valence-corrected chi connectivity index (χ1v) is 9.53. The summed E-state index contributed by atoms with van der Waals surface area (Å²) in [5, 5.41) is 5.62. The summed E-state index contributed by atoms with van der Waals surface area (Å²) >= 11 is 5.86. The maximum atomic E-state index is 13.7. The topological polar surface area (TPSA) is 59.3 Å². The van der Waals surface area contributed by atoms with E-state index >= 15 is 0 Å². The highest BCUT2D eigenvalue weighted by atomic mass is 35.5. The fourth-order valence-corrected chi connectivity index (χ4v) is 3.19. The number of aromatic nitrogens is 3. The summed E-state index contributed by atoms with van der Waals surface area (Å²) in [4.78, 5) is 16.7. The van der Waals surface area contributed by atoms with Gasteiger partial charge in [0, 0.05) is 11.6 Å². The molecule has 0 saturated carbocycles. The number of nitrogens with zero attached hydrogens (tertiary/aromatic N) is 3. The maximum Gasteiger partial charge on any atom is 0.433 e. The number of hydrogen-bond donors (Lipinski definition) is 1. The fourth-order valence-electron chi connectivity index (χ4n) is 3.03. The number of hydrogen-bond acceptors (Lipinski definition) is 3. The Labute approximate surface area is 186 Å². The van der Waals surface area contributed by atoms with Crippen molar-refractivity contribution in [1.82, 2.24) is 14.6 Å². The third kappa shape index (κ3) is 4.63. The minimum atomic E-state index is -4.82. The third-order valence-corrected chi connectivity index (χ3v) is 4.89. The van der Waals surface area contributed by atoms with Crippen LogP contribution < -0.4 is 5.32 Å². The SMILES string of the molecule is O=C(Nc1cc(C(F)(F)F)ccc1Cl)c1cc2nc(-c3ccccc3)cc(C(F)(F)F)n2n1. The summed E-state index contributed by atoms with van der Waals surface area (Å²) < 4.78 is 80.3. The number of amides is 1. The van der Waals surface area contributed by atoms with Crippen molar-refractivity contribution in [3.05, 3.63) is 82.6 Å². The first-order chi connectivity index (χ1) is 15.4. The predicted octanol–water partition coefficient (Wildman–Crippen LogP) is 6.34. The molecule has 0 fully saturated rings. The molecule has 0 atom stereocenters. The zero-order valence-corrected chi connectivity index (χ0v) is 16.9. The van der Waals surface area contributed by atoms with E-state index in [2.05, 4.69) is 15.4 Å². The van der Waals surface area contributed by atoms with Gasteiger partial charge >= 0.3 is 12.4 Å². The highest BCUT2D eigenvalue weighted by Gasteiger charge is 2.36. The van der Waals surface area contributed by atoms with Gasteiger partial charge in [-0.1, -0.05) is 41.9 Å². The number of rotatable bonds is 3. The highest BCUT2D eigenvalue weighted by molar-refractivity contribution is 6.33. The van der Waals surface area contributed by atoms with Gasteiger partial charge in [-0.25, -0.2) is 9.50 Å². The summed E-state index contributed by atoms with van der Waals surface area (Å²) in [6, 6.07) is 12.2. The second-order valence-electron chi connectivity index (χ2n) is 6.84. The van der Waals surface area contributed by atoms with E-state index in [1.54, 1.807) is 30.3 Å². The molecule has 2 aromatic carbocycles. The highest BCUT2D eigenvalue weighted by Crippen LogP contribution is 2.35. The van der Waals surface area contributed by atoms with E-state index in [0.29, 0.717) is 16.1 Å². The monoisotopic (exact) mass is 484 g/mol. The number of carbonyl (C=O) groups is 1. The number of alkyl halides is 6. The van der Waals surface area contributed by atoms with Crippen molar-refractivity contribution in [2.75, 3.05) is 5.32 Å². The first-order valence-electron chi connectivity index (χ1n) is 9.15. The summed E-state index contributed by atoms with van der Waals surface area (Å²) in [5.41, 5.74) is -2.97. The van der Waals surface area contributed by atoms with Crippen molar-refractivity contribution in [3.63, 3.8) is 0 Å². The Morgan fingerprint density at radius 1 is 0.909 bits per heavy atom. The van der Waals surface area contributed by atoms with Gasteiger partial charge in [-0.05, 0) is 24.3 Å². The van der Waals surface area contributed by atoms with Crippen molar-refractivity contribution in [2.45, 2.75) is 12.4 Å². The second kappa shape index (κ2) is 8.07. The molecule has 0 aliphatic carbocycles. The standard InChI is InChI=1S/C21H11ClF6N4O/c22-13-7-6-12(20(23,24)25)8-15(13)30-19(33)16-10-18-29-14(11-4-2-1-3-5-11)9-17(21(26,27)28)32(18)31-16/h1-10H,(H,30,33). The lowest BCUT2D eigenvalue weighted by Gasteiger charge is -2.11. The molecule has 0 radical (unpaired) electrons. The Hall–Kier alpha value is -3.60. The van der Waals surface area contributed by atoms with Gasteiger partial charge in [0.15, 0.2) is 17.0 Å². The molecule has 170 valence electrons. The van der Waals surface area contributed by atoms with Gasteiger partial charge in [-0.2, -0.15) is 31.4 Å². The molecule has 0 unspecified atom stereocenters. The van der Waals surface area contributed by atoms with E-state index < -0.39 is 35.2 Å². The van der Waals surface area contributed by atoms with Gasteiger partial charge in [0.2, 0.25) is 0 Å². The molecular formula is C21H11ClF6N4O. The summed E-state index contributed by atoms with van der Waals surface area (Å²) in [7, 11) is 0. The molecule has 0 spiro atoms. The molecule has 1 amide bonds. The van der Waals surface area contributed by atoms with E-state index in [1.165, 1.54) is 0 Å². The van der Waals surface area contributed by atoms with Crippen molar-refractivity contribution < 1.29 is 31.1 Å². The maximum absolute atomic E-state index is 13.7. The molecule has 4 rings (SSSR count). The van der Waals surface area contributed by atoms with Gasteiger partial charge in [0.25, 0.3) is 5.91 Å². The van der Waals surface area contributed by atoms with Crippen molar-refractivity contribution in [2.24, 2.45) is 0 Å². The number of nitrogens with one attached hydrogen (secondary N) is 1. The van der Waals surface area contributed by atoms with E-state index in [4.69, 9.17) is 11.6 Å². The molecule has 12 heteroatoms. The zero-order valence-electron chi connectivity index (χ0n) is 16.2. The molecule has 2 heterocycles. The average Bonchev–Trinajstić information content (AvgIpc) is 3.18. The van der Waals surface area contributed by atoms with Crippen molar-refractivity contribution >= 4 is 28.8 Å². The molecule has 0 aliphatic rings. The number of halogens is 7. The van der Waals surface area contributed by atoms with Gasteiger partial charge in [-0.3, -0.25) is 4.79 Å². The normalized spacial score (nSPS) is 12.2. The van der Waals surface area contributed by atoms with Crippen LogP contribution in [0.5, 0.6) is 0 Å². The van der Waals surface area contributed by atoms with Crippen LogP contribution in [0.1, 0.15) is 21.7 Å². The van der Waals surface area contributed by atoms with Crippen LogP contribution in [0.25, 0.3) is 16.9 Å². The lowest BCUT2D eigenvalue weighted by atomic mass is 10.1. The van der Waals surface area contributed by atoms with Crippen LogP contribution in [0.4, 0.5) is 32.0 Å². The van der Waals surface area contributed by atoms with Crippen LogP contribution in [0.15, 0.2) is 60.7 Å². The minimum Gasteiger partial charge on any atom is -0.319 e. The molecule has 5 nitrogen and oxygen atoms in total. The first kappa shape index (κ1) is 22.6. The smallest absolute Gasteiger partial charge is 0.319 e. The number of benzene rings is 2. The Bertz CT molecular complexity index is 1350. The third-order valence-electron chi connectivity index (χ3n) is 4.56. The van der Waals surface area contributed by atoms with Crippen LogP contribution in [0.2, 0.25) is 5.02 Å². The molecule has 4 aromatic rings. The van der Waals surface area contributed by atoms with E-state index in [9.17, 15) is 31.1 Å². The second-order valence-corrected chi connectivity index (χ2v) is 7.24. The van der Waals surface area contributed by atoms with E-state index in [1.807, 2.05) is 0 Å². The molecule has 0 bridgehead atoms. The number of anilines is 1. The molecular weight excluding hydrogens is 474 g/mol. The average molecular weight is 485 g/mol. The van der Waals surface area contributed by atoms with Crippen molar-refractivity contribution in [3.8, 4) is 11.3 Å². The predicted molar refractivity (Wildman–Crippen MR) is 108 cm³/mol. The molecule has 1 N–H and O–H groups in total. The largest absolute Gasteiger partial charge is 0.433 e. The number of carbonyl (C=O) groups excluding carboxylic acids is 1. The lowest BCUT2D eigenvalue weighted by molar-refractivity contribution is -0.142. The molecule has 0 aliphatic heterocycles. The zero-order chi connectivity index (χ0) is 24.0. The Kier molecular flexibility index (Phi) is 5.52. The molecule has 0 saturated heterocycles. The Morgan fingerprint density at radius 2 is 1.61 bits per heavy atom. The summed E-state index contributed by atoms with van der Waals surface area (Å²) in [6.45, 7) is 0. The van der Waals surface area contributed by atoms with Crippen LogP contribution in [-0.2, 0) is 12.4 Å². The number of fused-ring (bicyclic) bond motifs is 1. The Balaban J connectivity index is 1.76. The van der Waals surface area contributed by atoms with E-state index in [0.717, 1.165) is 24.3 Å². The van der Waals surface area contributed by atoms with Gasteiger partial charge in [0.1, 0.15) is 0 Å². The van der Waals surface area contributed by atoms with Gasteiger partial charge in [0.05, 0.1) is 22.0 Å². The minimum absolute atomic E-state index is 0.00297. The summed E-state index contributed by atoms with van der Waals surface area (Å²) in [6.07, 6.45) is -9.51. The Morgan fingerprint density at radius 3 is 2.24 bits per heavy atom. The van der Waals surface area contributed by atoms with Crippen molar-refractivity contribution in [1.29, 1.82) is 0 Å². The van der Waals surface area contributed by atoms with Gasteiger partial charge < -0.3 is 5.32 Å². The summed E-state index contributed by atoms with van der Waals surface area (Å²) in [5.74, 6) is -1.06. The van der Waals surface area contributed by atoms with Gasteiger partial charge in [-0.15, -0.1) is 0 Å². The fraction of sp³-hybridized carbons (Fsp3) is 0.0952. The van der Waals surface area contributed by atoms with E-state index in [-0.39, 0.29) is 22.1 Å². The molecule has 2 aromatic heterocycles.